The van der Waals surface area contributed by atoms with Crippen LogP contribution in [-0.4, -0.2) is 24.7 Å². The summed E-state index contributed by atoms with van der Waals surface area (Å²) in [5.74, 6) is 0.608. The molecule has 1 aliphatic carbocycles. The van der Waals surface area contributed by atoms with Gasteiger partial charge in [0.15, 0.2) is 11.5 Å². The molecule has 1 aliphatic rings. The topological polar surface area (TPSA) is 119 Å². The second-order valence-electron chi connectivity index (χ2n) is 8.57. The summed E-state index contributed by atoms with van der Waals surface area (Å²) in [6, 6.07) is 5.21. The lowest BCUT2D eigenvalue weighted by atomic mass is 9.85. The average Bonchev–Trinajstić information content (AvgIpc) is 3.55. The van der Waals surface area contributed by atoms with Crippen molar-refractivity contribution in [2.24, 2.45) is 0 Å². The van der Waals surface area contributed by atoms with E-state index in [1.807, 2.05) is 0 Å². The number of pyridine rings is 1. The first-order chi connectivity index (χ1) is 16.7. The van der Waals surface area contributed by atoms with E-state index in [0.29, 0.717) is 33.5 Å². The summed E-state index contributed by atoms with van der Waals surface area (Å²) in [5.41, 5.74) is 7.25. The molecule has 1 atom stereocenters. The maximum Gasteiger partial charge on any atom is 0.434 e. The third-order valence-corrected chi connectivity index (χ3v) is 7.07. The van der Waals surface area contributed by atoms with Gasteiger partial charge >= 0.3 is 6.18 Å². The first-order valence-corrected chi connectivity index (χ1v) is 11.8. The molecule has 2 N–H and O–H groups in total. The number of rotatable bonds is 4. The van der Waals surface area contributed by atoms with Crippen molar-refractivity contribution in [1.29, 1.82) is 5.26 Å². The molecule has 5 rings (SSSR count). The Balaban J connectivity index is 1.45. The predicted octanol–water partition coefficient (Wildman–Crippen LogP) is 5.58. The number of anilines is 1. The molecular formula is C23H20F3N7OS. The minimum absolute atomic E-state index is 0.126. The van der Waals surface area contributed by atoms with Crippen molar-refractivity contribution in [3.8, 4) is 29.0 Å². The van der Waals surface area contributed by atoms with Crippen molar-refractivity contribution in [3.05, 3.63) is 52.1 Å². The van der Waals surface area contributed by atoms with Crippen LogP contribution in [0.2, 0.25) is 0 Å². The lowest BCUT2D eigenvalue weighted by molar-refractivity contribution is -0.140. The van der Waals surface area contributed by atoms with Gasteiger partial charge < -0.3 is 14.8 Å². The van der Waals surface area contributed by atoms with Crippen LogP contribution in [0.3, 0.4) is 0 Å². The largest absolute Gasteiger partial charge is 0.434 e. The fraction of sp³-hybridized carbons (Fsp3) is 0.348. The van der Waals surface area contributed by atoms with Crippen LogP contribution in [0, 0.1) is 11.3 Å². The highest BCUT2D eigenvalue weighted by atomic mass is 32.1. The van der Waals surface area contributed by atoms with Crippen LogP contribution in [-0.2, 0) is 12.6 Å². The zero-order chi connectivity index (χ0) is 24.9. The number of nitrogens with two attached hydrogens (primary N) is 1. The number of aryl methyl sites for hydroxylation is 1. The second-order valence-corrected chi connectivity index (χ2v) is 9.71. The van der Waals surface area contributed by atoms with Crippen LogP contribution in [0.25, 0.3) is 22.9 Å². The quantitative estimate of drug-likeness (QED) is 0.389. The first-order valence-electron chi connectivity index (χ1n) is 10.9. The highest BCUT2D eigenvalue weighted by Gasteiger charge is 2.36. The highest BCUT2D eigenvalue weighted by molar-refractivity contribution is 7.16. The monoisotopic (exact) mass is 499 g/mol. The van der Waals surface area contributed by atoms with Gasteiger partial charge in [-0.05, 0) is 50.8 Å². The normalized spacial score (nSPS) is 15.9. The molecule has 0 fully saturated rings. The van der Waals surface area contributed by atoms with Gasteiger partial charge in [0.1, 0.15) is 16.8 Å². The fourth-order valence-corrected chi connectivity index (χ4v) is 5.43. The summed E-state index contributed by atoms with van der Waals surface area (Å²) >= 11 is 1.43. The number of nitriles is 1. The number of fused-ring (bicyclic) bond motifs is 1. The highest BCUT2D eigenvalue weighted by Crippen LogP contribution is 2.44. The third-order valence-electron chi connectivity index (χ3n) is 5.98. The number of nitrogens with zero attached hydrogens (tertiary/aromatic N) is 6. The van der Waals surface area contributed by atoms with Crippen molar-refractivity contribution < 1.29 is 17.7 Å². The van der Waals surface area contributed by atoms with Crippen LogP contribution in [0.1, 0.15) is 66.2 Å². The number of thiophene rings is 1. The smallest absolute Gasteiger partial charge is 0.389 e. The Morgan fingerprint density at radius 2 is 2.09 bits per heavy atom. The van der Waals surface area contributed by atoms with Gasteiger partial charge in [0.2, 0.25) is 11.7 Å². The molecule has 8 nitrogen and oxygen atoms in total. The molecular weight excluding hydrogens is 479 g/mol. The summed E-state index contributed by atoms with van der Waals surface area (Å²) in [6.45, 7) is 3.55. The van der Waals surface area contributed by atoms with Gasteiger partial charge in [-0.2, -0.15) is 23.4 Å². The molecule has 4 heterocycles. The van der Waals surface area contributed by atoms with Gasteiger partial charge in [-0.25, -0.2) is 4.98 Å². The maximum atomic E-state index is 13.2. The molecule has 1 unspecified atom stereocenters. The zero-order valence-corrected chi connectivity index (χ0v) is 19.6. The Bertz CT molecular complexity index is 1430. The molecule has 4 aromatic rings. The first kappa shape index (κ1) is 23.0. The van der Waals surface area contributed by atoms with E-state index in [9.17, 15) is 18.4 Å². The number of alkyl halides is 3. The van der Waals surface area contributed by atoms with E-state index in [1.54, 1.807) is 26.0 Å². The summed E-state index contributed by atoms with van der Waals surface area (Å²) in [7, 11) is 0. The van der Waals surface area contributed by atoms with Crippen LogP contribution in [0.15, 0.2) is 29.0 Å². The molecule has 0 aromatic carbocycles. The SMILES string of the molecule is CC(C)n1cc(C(F)(F)F)nc1-c1ccc(-c2noc(C3CCCc4sc(N)c(C#N)c43)n2)cn1. The molecule has 0 saturated carbocycles. The van der Waals surface area contributed by atoms with Crippen LogP contribution >= 0.6 is 11.3 Å². The van der Waals surface area contributed by atoms with Crippen molar-refractivity contribution >= 4 is 16.3 Å². The predicted molar refractivity (Wildman–Crippen MR) is 122 cm³/mol. The molecule has 180 valence electrons. The Morgan fingerprint density at radius 1 is 1.29 bits per heavy atom. The summed E-state index contributed by atoms with van der Waals surface area (Å²) in [5, 5.41) is 14.1. The van der Waals surface area contributed by atoms with Gasteiger partial charge in [-0.1, -0.05) is 5.16 Å². The van der Waals surface area contributed by atoms with E-state index in [1.165, 1.54) is 22.1 Å². The Kier molecular flexibility index (Phi) is 5.59. The fourth-order valence-electron chi connectivity index (χ4n) is 4.30. The Labute approximate surface area is 202 Å². The molecule has 0 aliphatic heterocycles. The molecule has 0 radical (unpaired) electrons. The number of aromatic nitrogens is 5. The van der Waals surface area contributed by atoms with Crippen LogP contribution in [0.5, 0.6) is 0 Å². The standard InChI is InChI=1S/C23H20F3N7OS/c1-11(2)33-10-17(23(24,25)26)30-21(33)15-7-6-12(9-29-15)20-31-22(34-32-20)13-4-3-5-16-18(13)14(8-27)19(28)35-16/h6-7,9-11,13H,3-5,28H2,1-2H3. The molecule has 0 bridgehead atoms. The molecule has 35 heavy (non-hydrogen) atoms. The van der Waals surface area contributed by atoms with Crippen molar-refractivity contribution in [1.82, 2.24) is 24.7 Å². The van der Waals surface area contributed by atoms with Crippen molar-refractivity contribution in [3.63, 3.8) is 0 Å². The third kappa shape index (κ3) is 4.05. The van der Waals surface area contributed by atoms with E-state index in [2.05, 4.69) is 26.2 Å². The Hall–Kier alpha value is -3.72. The lowest BCUT2D eigenvalue weighted by Crippen LogP contribution is -2.10. The van der Waals surface area contributed by atoms with Gasteiger partial charge in [-0.3, -0.25) is 4.98 Å². The number of imidazole rings is 1. The van der Waals surface area contributed by atoms with Crippen LogP contribution in [0.4, 0.5) is 18.2 Å². The van der Waals surface area contributed by atoms with Gasteiger partial charge in [-0.15, -0.1) is 11.3 Å². The molecule has 0 saturated heterocycles. The van der Waals surface area contributed by atoms with Gasteiger partial charge in [0.25, 0.3) is 0 Å². The molecule has 12 heteroatoms. The maximum absolute atomic E-state index is 13.2. The van der Waals surface area contributed by atoms with E-state index in [0.717, 1.165) is 35.9 Å². The molecule has 0 amide bonds. The number of halogens is 3. The average molecular weight is 500 g/mol. The second kappa shape index (κ2) is 8.49. The number of hydrogen-bond acceptors (Lipinski definition) is 8. The van der Waals surface area contributed by atoms with E-state index < -0.39 is 11.9 Å². The van der Waals surface area contributed by atoms with Crippen LogP contribution < -0.4 is 5.73 Å². The van der Waals surface area contributed by atoms with E-state index >= 15 is 0 Å². The van der Waals surface area contributed by atoms with Gasteiger partial charge in [0.05, 0.1) is 11.5 Å². The summed E-state index contributed by atoms with van der Waals surface area (Å²) in [6.07, 6.45) is 0.456. The van der Waals surface area contributed by atoms with E-state index in [4.69, 9.17) is 10.3 Å². The number of nitrogen functional groups attached to an aromatic ring is 1. The summed E-state index contributed by atoms with van der Waals surface area (Å²) in [4.78, 5) is 13.7. The lowest BCUT2D eigenvalue weighted by Gasteiger charge is -2.19. The minimum Gasteiger partial charge on any atom is -0.389 e. The van der Waals surface area contributed by atoms with Crippen molar-refractivity contribution in [2.45, 2.75) is 51.2 Å². The molecule has 0 spiro atoms. The molecule has 4 aromatic heterocycles. The van der Waals surface area contributed by atoms with Crippen molar-refractivity contribution in [2.75, 3.05) is 5.73 Å². The zero-order valence-electron chi connectivity index (χ0n) is 18.8. The Morgan fingerprint density at radius 3 is 2.74 bits per heavy atom. The minimum atomic E-state index is -4.55. The van der Waals surface area contributed by atoms with E-state index in [-0.39, 0.29) is 17.8 Å². The number of hydrogen-bond donors (Lipinski definition) is 1. The summed E-state index contributed by atoms with van der Waals surface area (Å²) < 4.78 is 46.6. The van der Waals surface area contributed by atoms with Gasteiger partial charge in [0, 0.05) is 28.9 Å².